The predicted octanol–water partition coefficient (Wildman–Crippen LogP) is 6.49. The van der Waals surface area contributed by atoms with Gasteiger partial charge in [-0.2, -0.15) is 0 Å². The van der Waals surface area contributed by atoms with E-state index in [1.807, 2.05) is 20.8 Å². The van der Waals surface area contributed by atoms with Gasteiger partial charge in [-0.25, -0.2) is 0 Å². The quantitative estimate of drug-likeness (QED) is 0.422. The van der Waals surface area contributed by atoms with Gasteiger partial charge in [-0.1, -0.05) is 38.1 Å². The number of esters is 1. The molecular formula is C25H34N2O2S. The third kappa shape index (κ3) is 6.18. The molecule has 2 aromatic carbocycles. The summed E-state index contributed by atoms with van der Waals surface area (Å²) in [7, 11) is 0. The molecule has 162 valence electrons. The lowest BCUT2D eigenvalue weighted by Crippen LogP contribution is -2.39. The number of carbonyl (C=O) groups is 1. The van der Waals surface area contributed by atoms with Crippen LogP contribution in [0.15, 0.2) is 53.4 Å². The Kier molecular flexibility index (Phi) is 7.35. The predicted molar refractivity (Wildman–Crippen MR) is 127 cm³/mol. The van der Waals surface area contributed by atoms with Gasteiger partial charge in [-0.15, -0.1) is 0 Å². The first kappa shape index (κ1) is 22.5. The minimum Gasteiger partial charge on any atom is -0.460 e. The van der Waals surface area contributed by atoms with Gasteiger partial charge in [0.2, 0.25) is 0 Å². The number of hydrogen-bond donors (Lipinski definition) is 1. The molecule has 0 saturated carbocycles. The number of hydrogen-bond acceptors (Lipinski definition) is 5. The van der Waals surface area contributed by atoms with Crippen molar-refractivity contribution in [3.05, 3.63) is 54.1 Å². The molecule has 1 saturated heterocycles. The molecule has 2 aromatic rings. The van der Waals surface area contributed by atoms with Crippen molar-refractivity contribution in [3.8, 4) is 0 Å². The Labute approximate surface area is 185 Å². The third-order valence-electron chi connectivity index (χ3n) is 5.31. The SMILES string of the molecule is CC(C)c1ccc(SNc2ccccc2N2CCC(C(=O)OC(C)(C)C)CC2)cc1. The largest absolute Gasteiger partial charge is 0.460 e. The highest BCUT2D eigenvalue weighted by Gasteiger charge is 2.29. The number of rotatable bonds is 6. The van der Waals surface area contributed by atoms with Crippen LogP contribution in [0.5, 0.6) is 0 Å². The molecule has 0 aromatic heterocycles. The first-order valence-electron chi connectivity index (χ1n) is 10.8. The van der Waals surface area contributed by atoms with Crippen LogP contribution in [-0.4, -0.2) is 24.7 Å². The van der Waals surface area contributed by atoms with E-state index in [2.05, 4.69) is 72.0 Å². The number of ether oxygens (including phenoxy) is 1. The Morgan fingerprint density at radius 2 is 1.70 bits per heavy atom. The lowest BCUT2D eigenvalue weighted by molar-refractivity contribution is -0.160. The highest BCUT2D eigenvalue weighted by molar-refractivity contribution is 8.00. The van der Waals surface area contributed by atoms with Crippen LogP contribution in [0.3, 0.4) is 0 Å². The molecule has 1 heterocycles. The van der Waals surface area contributed by atoms with Gasteiger partial charge in [0.15, 0.2) is 0 Å². The van der Waals surface area contributed by atoms with Gasteiger partial charge >= 0.3 is 5.97 Å². The van der Waals surface area contributed by atoms with E-state index in [0.29, 0.717) is 5.92 Å². The average molecular weight is 427 g/mol. The molecule has 1 fully saturated rings. The van der Waals surface area contributed by atoms with E-state index in [-0.39, 0.29) is 11.9 Å². The van der Waals surface area contributed by atoms with Crippen molar-refractivity contribution < 1.29 is 9.53 Å². The molecule has 0 bridgehead atoms. The normalized spacial score (nSPS) is 15.3. The highest BCUT2D eigenvalue weighted by atomic mass is 32.2. The van der Waals surface area contributed by atoms with Crippen molar-refractivity contribution in [1.82, 2.24) is 0 Å². The second-order valence-corrected chi connectivity index (χ2v) is 10.1. The van der Waals surface area contributed by atoms with Crippen LogP contribution >= 0.6 is 11.9 Å². The Bertz CT molecular complexity index is 835. The maximum atomic E-state index is 12.4. The van der Waals surface area contributed by atoms with Gasteiger partial charge in [0.25, 0.3) is 0 Å². The molecule has 1 aliphatic heterocycles. The Hall–Kier alpha value is -2.14. The van der Waals surface area contributed by atoms with Crippen LogP contribution < -0.4 is 9.62 Å². The van der Waals surface area contributed by atoms with E-state index in [4.69, 9.17) is 4.74 Å². The Balaban J connectivity index is 1.60. The van der Waals surface area contributed by atoms with Crippen LogP contribution in [0.1, 0.15) is 58.9 Å². The van der Waals surface area contributed by atoms with Gasteiger partial charge < -0.3 is 14.4 Å². The lowest BCUT2D eigenvalue weighted by Gasteiger charge is -2.34. The van der Waals surface area contributed by atoms with E-state index in [0.717, 1.165) is 31.6 Å². The van der Waals surface area contributed by atoms with Crippen molar-refractivity contribution in [2.75, 3.05) is 22.7 Å². The Morgan fingerprint density at radius 3 is 2.30 bits per heavy atom. The number of nitrogens with one attached hydrogen (secondary N) is 1. The molecule has 0 aliphatic carbocycles. The summed E-state index contributed by atoms with van der Waals surface area (Å²) in [5.41, 5.74) is 3.22. The van der Waals surface area contributed by atoms with Crippen molar-refractivity contribution >= 4 is 29.3 Å². The van der Waals surface area contributed by atoms with E-state index in [1.165, 1.54) is 16.1 Å². The minimum atomic E-state index is -0.421. The van der Waals surface area contributed by atoms with Crippen molar-refractivity contribution in [1.29, 1.82) is 0 Å². The summed E-state index contributed by atoms with van der Waals surface area (Å²) in [4.78, 5) is 16.0. The molecule has 5 heteroatoms. The van der Waals surface area contributed by atoms with Gasteiger partial charge in [0, 0.05) is 18.0 Å². The molecule has 0 atom stereocenters. The second kappa shape index (κ2) is 9.78. The number of benzene rings is 2. The molecule has 1 aliphatic rings. The number of piperidine rings is 1. The molecule has 30 heavy (non-hydrogen) atoms. The molecule has 0 spiro atoms. The smallest absolute Gasteiger partial charge is 0.309 e. The van der Waals surface area contributed by atoms with Gasteiger partial charge in [-0.3, -0.25) is 4.79 Å². The van der Waals surface area contributed by atoms with Crippen LogP contribution in [0.2, 0.25) is 0 Å². The fourth-order valence-electron chi connectivity index (χ4n) is 3.61. The lowest BCUT2D eigenvalue weighted by atomic mass is 9.96. The average Bonchev–Trinajstić information content (AvgIpc) is 2.71. The molecule has 4 nitrogen and oxygen atoms in total. The van der Waals surface area contributed by atoms with Gasteiger partial charge in [-0.05, 0) is 81.3 Å². The molecule has 1 N–H and O–H groups in total. The molecule has 3 rings (SSSR count). The zero-order chi connectivity index (χ0) is 21.7. The maximum absolute atomic E-state index is 12.4. The zero-order valence-electron chi connectivity index (χ0n) is 18.8. The number of anilines is 2. The molecule has 0 unspecified atom stereocenters. The van der Waals surface area contributed by atoms with Crippen molar-refractivity contribution in [3.63, 3.8) is 0 Å². The van der Waals surface area contributed by atoms with Crippen LogP contribution in [-0.2, 0) is 9.53 Å². The second-order valence-electron chi connectivity index (χ2n) is 9.24. The maximum Gasteiger partial charge on any atom is 0.309 e. The monoisotopic (exact) mass is 426 g/mol. The standard InChI is InChI=1S/C25H34N2O2S/c1-18(2)19-10-12-21(13-11-19)30-26-22-8-6-7-9-23(22)27-16-14-20(15-17-27)24(28)29-25(3,4)5/h6-13,18,20,26H,14-17H2,1-5H3. The first-order chi connectivity index (χ1) is 14.2. The summed E-state index contributed by atoms with van der Waals surface area (Å²) in [6.07, 6.45) is 1.65. The summed E-state index contributed by atoms with van der Waals surface area (Å²) in [6, 6.07) is 17.1. The summed E-state index contributed by atoms with van der Waals surface area (Å²) < 4.78 is 9.10. The molecular weight excluding hydrogens is 392 g/mol. The topological polar surface area (TPSA) is 41.6 Å². The van der Waals surface area contributed by atoms with E-state index >= 15 is 0 Å². The first-order valence-corrected chi connectivity index (χ1v) is 11.6. The van der Waals surface area contributed by atoms with E-state index in [9.17, 15) is 4.79 Å². The van der Waals surface area contributed by atoms with Crippen LogP contribution in [0.25, 0.3) is 0 Å². The summed E-state index contributed by atoms with van der Waals surface area (Å²) in [5.74, 6) is 0.477. The van der Waals surface area contributed by atoms with E-state index in [1.54, 1.807) is 11.9 Å². The number of nitrogens with zero attached hydrogens (tertiary/aromatic N) is 1. The van der Waals surface area contributed by atoms with Crippen LogP contribution in [0, 0.1) is 5.92 Å². The minimum absolute atomic E-state index is 0.00515. The van der Waals surface area contributed by atoms with E-state index < -0.39 is 5.60 Å². The highest BCUT2D eigenvalue weighted by Crippen LogP contribution is 2.33. The zero-order valence-corrected chi connectivity index (χ0v) is 19.6. The molecule has 0 amide bonds. The van der Waals surface area contributed by atoms with Crippen LogP contribution in [0.4, 0.5) is 11.4 Å². The van der Waals surface area contributed by atoms with Crippen molar-refractivity contribution in [2.45, 2.75) is 63.9 Å². The fraction of sp³-hybridized carbons (Fsp3) is 0.480. The number of carbonyl (C=O) groups excluding carboxylic acids is 1. The van der Waals surface area contributed by atoms with Crippen molar-refractivity contribution in [2.24, 2.45) is 5.92 Å². The third-order valence-corrected chi connectivity index (χ3v) is 6.14. The van der Waals surface area contributed by atoms with Gasteiger partial charge in [0.1, 0.15) is 5.60 Å². The Morgan fingerprint density at radius 1 is 1.07 bits per heavy atom. The summed E-state index contributed by atoms with van der Waals surface area (Å²) in [5, 5.41) is 0. The van der Waals surface area contributed by atoms with Gasteiger partial charge in [0.05, 0.1) is 17.3 Å². The number of para-hydroxylation sites is 2. The summed E-state index contributed by atoms with van der Waals surface area (Å²) in [6.45, 7) is 11.9. The summed E-state index contributed by atoms with van der Waals surface area (Å²) >= 11 is 1.63. The molecule has 0 radical (unpaired) electrons. The fourth-order valence-corrected chi connectivity index (χ4v) is 4.28.